The van der Waals surface area contributed by atoms with Crippen molar-refractivity contribution in [1.29, 1.82) is 0 Å². The van der Waals surface area contributed by atoms with Crippen LogP contribution in [0.1, 0.15) is 19.3 Å². The Morgan fingerprint density at radius 3 is 2.87 bits per heavy atom. The molecule has 1 rings (SSSR count). The zero-order valence-corrected chi connectivity index (χ0v) is 8.44. The molecule has 86 valence electrons. The van der Waals surface area contributed by atoms with Crippen LogP contribution in [0.2, 0.25) is 0 Å². The molecule has 0 aromatic rings. The molecule has 0 spiro atoms. The minimum atomic E-state index is -1.08. The smallest absolute Gasteiger partial charge is 0.323 e. The molecule has 2 atom stereocenters. The largest absolute Gasteiger partial charge is 0.480 e. The highest BCUT2D eigenvalue weighted by Gasteiger charge is 2.23. The highest BCUT2D eigenvalue weighted by Crippen LogP contribution is 2.06. The monoisotopic (exact) mass is 216 g/mol. The van der Waals surface area contributed by atoms with Crippen molar-refractivity contribution < 1.29 is 19.4 Å². The van der Waals surface area contributed by atoms with Crippen molar-refractivity contribution in [2.24, 2.45) is 5.73 Å². The summed E-state index contributed by atoms with van der Waals surface area (Å²) in [5.41, 5.74) is 5.25. The maximum absolute atomic E-state index is 11.3. The molecule has 1 unspecified atom stereocenters. The molecule has 0 bridgehead atoms. The summed E-state index contributed by atoms with van der Waals surface area (Å²) in [6.07, 6.45) is 1.89. The average molecular weight is 216 g/mol. The van der Waals surface area contributed by atoms with Crippen LogP contribution in [0.5, 0.6) is 0 Å². The summed E-state index contributed by atoms with van der Waals surface area (Å²) in [5.74, 6) is -1.39. The SMILES string of the molecule is NC(CCOC(=O)[C@@H]1CCCN1)C(=O)O. The Labute approximate surface area is 87.8 Å². The van der Waals surface area contributed by atoms with Gasteiger partial charge in [0.25, 0.3) is 0 Å². The third-order valence-corrected chi connectivity index (χ3v) is 2.34. The molecular weight excluding hydrogens is 200 g/mol. The first kappa shape index (κ1) is 11.9. The Balaban J connectivity index is 2.14. The van der Waals surface area contributed by atoms with E-state index in [1.165, 1.54) is 0 Å². The van der Waals surface area contributed by atoms with E-state index in [9.17, 15) is 9.59 Å². The standard InChI is InChI=1S/C9H16N2O4/c10-6(8(12)13)3-5-15-9(14)7-2-1-4-11-7/h6-7,11H,1-5,10H2,(H,12,13)/t6?,7-/m0/s1. The second-order valence-electron chi connectivity index (χ2n) is 3.55. The molecule has 1 aliphatic heterocycles. The van der Waals surface area contributed by atoms with Gasteiger partial charge in [-0.25, -0.2) is 0 Å². The van der Waals surface area contributed by atoms with E-state index in [-0.39, 0.29) is 25.0 Å². The first-order valence-electron chi connectivity index (χ1n) is 4.99. The molecule has 6 heteroatoms. The van der Waals surface area contributed by atoms with Crippen LogP contribution in [0.3, 0.4) is 0 Å². The highest BCUT2D eigenvalue weighted by atomic mass is 16.5. The van der Waals surface area contributed by atoms with Crippen molar-refractivity contribution in [2.75, 3.05) is 13.2 Å². The molecule has 4 N–H and O–H groups in total. The first-order chi connectivity index (χ1) is 7.11. The number of carbonyl (C=O) groups excluding carboxylic acids is 1. The topological polar surface area (TPSA) is 102 Å². The molecule has 0 saturated carbocycles. The molecule has 0 aromatic carbocycles. The number of nitrogens with one attached hydrogen (secondary N) is 1. The summed E-state index contributed by atoms with van der Waals surface area (Å²) < 4.78 is 4.90. The van der Waals surface area contributed by atoms with Crippen LogP contribution in [0.25, 0.3) is 0 Å². The summed E-state index contributed by atoms with van der Waals surface area (Å²) in [6, 6.07) is -1.19. The van der Waals surface area contributed by atoms with Crippen LogP contribution in [-0.4, -0.2) is 42.3 Å². The molecule has 1 heterocycles. The molecular formula is C9H16N2O4. The fraction of sp³-hybridized carbons (Fsp3) is 0.778. The molecule has 1 aliphatic rings. The molecule has 0 aliphatic carbocycles. The summed E-state index contributed by atoms with van der Waals surface area (Å²) >= 11 is 0. The van der Waals surface area contributed by atoms with Crippen molar-refractivity contribution in [3.05, 3.63) is 0 Å². The summed E-state index contributed by atoms with van der Waals surface area (Å²) in [7, 11) is 0. The van der Waals surface area contributed by atoms with Crippen LogP contribution in [-0.2, 0) is 14.3 Å². The Bertz CT molecular complexity index is 238. The van der Waals surface area contributed by atoms with E-state index >= 15 is 0 Å². The van der Waals surface area contributed by atoms with Crippen LogP contribution in [0, 0.1) is 0 Å². The van der Waals surface area contributed by atoms with Crippen molar-refractivity contribution >= 4 is 11.9 Å². The average Bonchev–Trinajstić information content (AvgIpc) is 2.70. The third-order valence-electron chi connectivity index (χ3n) is 2.34. The van der Waals surface area contributed by atoms with Crippen LogP contribution < -0.4 is 11.1 Å². The van der Waals surface area contributed by atoms with Crippen molar-refractivity contribution in [1.82, 2.24) is 5.32 Å². The van der Waals surface area contributed by atoms with E-state index < -0.39 is 12.0 Å². The second-order valence-corrected chi connectivity index (χ2v) is 3.55. The zero-order valence-electron chi connectivity index (χ0n) is 8.44. The molecule has 15 heavy (non-hydrogen) atoms. The lowest BCUT2D eigenvalue weighted by Crippen LogP contribution is -2.35. The molecule has 0 amide bonds. The number of carbonyl (C=O) groups is 2. The molecule has 0 radical (unpaired) electrons. The number of ether oxygens (including phenoxy) is 1. The molecule has 6 nitrogen and oxygen atoms in total. The molecule has 1 fully saturated rings. The van der Waals surface area contributed by atoms with Gasteiger partial charge >= 0.3 is 11.9 Å². The van der Waals surface area contributed by atoms with E-state index in [2.05, 4.69) is 5.32 Å². The second kappa shape index (κ2) is 5.67. The Morgan fingerprint density at radius 1 is 1.60 bits per heavy atom. The van der Waals surface area contributed by atoms with Gasteiger partial charge in [0.05, 0.1) is 6.61 Å². The maximum atomic E-state index is 11.3. The Morgan fingerprint density at radius 2 is 2.33 bits per heavy atom. The normalized spacial score (nSPS) is 22.3. The predicted molar refractivity (Wildman–Crippen MR) is 52.2 cm³/mol. The van der Waals surface area contributed by atoms with E-state index in [1.807, 2.05) is 0 Å². The van der Waals surface area contributed by atoms with Gasteiger partial charge in [-0.05, 0) is 19.4 Å². The number of rotatable bonds is 5. The van der Waals surface area contributed by atoms with Crippen molar-refractivity contribution in [3.8, 4) is 0 Å². The van der Waals surface area contributed by atoms with E-state index in [0.29, 0.717) is 0 Å². The quantitative estimate of drug-likeness (QED) is 0.514. The number of hydrogen-bond acceptors (Lipinski definition) is 5. The Hall–Kier alpha value is -1.14. The van der Waals surface area contributed by atoms with E-state index in [4.69, 9.17) is 15.6 Å². The van der Waals surface area contributed by atoms with Gasteiger partial charge in [0.1, 0.15) is 12.1 Å². The van der Waals surface area contributed by atoms with Crippen LogP contribution in [0.15, 0.2) is 0 Å². The third kappa shape index (κ3) is 3.85. The summed E-state index contributed by atoms with van der Waals surface area (Å²) in [4.78, 5) is 21.7. The predicted octanol–water partition coefficient (Wildman–Crippen LogP) is -0.916. The maximum Gasteiger partial charge on any atom is 0.323 e. The zero-order chi connectivity index (χ0) is 11.3. The van der Waals surface area contributed by atoms with Gasteiger partial charge in [-0.1, -0.05) is 0 Å². The minimum Gasteiger partial charge on any atom is -0.480 e. The van der Waals surface area contributed by atoms with Crippen molar-refractivity contribution in [3.63, 3.8) is 0 Å². The number of carboxylic acids is 1. The van der Waals surface area contributed by atoms with Gasteiger partial charge in [0.15, 0.2) is 0 Å². The lowest BCUT2D eigenvalue weighted by Gasteiger charge is -2.11. The lowest BCUT2D eigenvalue weighted by atomic mass is 10.2. The lowest BCUT2D eigenvalue weighted by molar-refractivity contribution is -0.147. The van der Waals surface area contributed by atoms with Gasteiger partial charge in [-0.15, -0.1) is 0 Å². The molecule has 0 aromatic heterocycles. The van der Waals surface area contributed by atoms with Gasteiger partial charge < -0.3 is 20.9 Å². The van der Waals surface area contributed by atoms with Gasteiger partial charge in [-0.3, -0.25) is 9.59 Å². The van der Waals surface area contributed by atoms with Gasteiger partial charge in [0.2, 0.25) is 0 Å². The van der Waals surface area contributed by atoms with Crippen LogP contribution in [0.4, 0.5) is 0 Å². The van der Waals surface area contributed by atoms with E-state index in [1.54, 1.807) is 0 Å². The minimum absolute atomic E-state index is 0.0600. The fourth-order valence-corrected chi connectivity index (χ4v) is 1.40. The van der Waals surface area contributed by atoms with E-state index in [0.717, 1.165) is 19.4 Å². The molecule has 1 saturated heterocycles. The van der Waals surface area contributed by atoms with Crippen molar-refractivity contribution in [2.45, 2.75) is 31.3 Å². The summed E-state index contributed by atoms with van der Waals surface area (Å²) in [5, 5.41) is 11.5. The number of esters is 1. The number of carboxylic acid groups (broad SMARTS) is 1. The number of hydrogen-bond donors (Lipinski definition) is 3. The first-order valence-corrected chi connectivity index (χ1v) is 4.99. The fourth-order valence-electron chi connectivity index (χ4n) is 1.40. The summed E-state index contributed by atoms with van der Waals surface area (Å²) in [6.45, 7) is 0.888. The van der Waals surface area contributed by atoms with Crippen LogP contribution >= 0.6 is 0 Å². The highest BCUT2D eigenvalue weighted by molar-refractivity contribution is 5.76. The number of aliphatic carboxylic acids is 1. The number of nitrogens with two attached hydrogens (primary N) is 1. The Kier molecular flexibility index (Phi) is 4.51. The van der Waals surface area contributed by atoms with Gasteiger partial charge in [-0.2, -0.15) is 0 Å². The van der Waals surface area contributed by atoms with Gasteiger partial charge in [0, 0.05) is 6.42 Å².